The van der Waals surface area contributed by atoms with E-state index in [1.807, 2.05) is 36.5 Å². The van der Waals surface area contributed by atoms with Gasteiger partial charge in [-0.2, -0.15) is 10.1 Å². The predicted molar refractivity (Wildman–Crippen MR) is 99.1 cm³/mol. The lowest BCUT2D eigenvalue weighted by molar-refractivity contribution is -0.121. The summed E-state index contributed by atoms with van der Waals surface area (Å²) in [6.45, 7) is 0.401. The van der Waals surface area contributed by atoms with Gasteiger partial charge in [0.1, 0.15) is 5.69 Å². The summed E-state index contributed by atoms with van der Waals surface area (Å²) in [5, 5.41) is 10.9. The van der Waals surface area contributed by atoms with E-state index >= 15 is 0 Å². The molecule has 0 bridgehead atoms. The first kappa shape index (κ1) is 17.5. The van der Waals surface area contributed by atoms with Gasteiger partial charge in [0, 0.05) is 44.2 Å². The molecule has 0 aliphatic rings. The van der Waals surface area contributed by atoms with Crippen molar-refractivity contribution in [2.24, 2.45) is 0 Å². The number of amides is 1. The molecule has 0 aliphatic heterocycles. The number of pyridine rings is 2. The molecule has 9 nitrogen and oxygen atoms in total. The summed E-state index contributed by atoms with van der Waals surface area (Å²) in [4.78, 5) is 24.8. The van der Waals surface area contributed by atoms with Crippen molar-refractivity contribution >= 4 is 5.91 Å². The quantitative estimate of drug-likeness (QED) is 0.525. The zero-order chi connectivity index (χ0) is 19.2. The first-order valence-electron chi connectivity index (χ1n) is 8.73. The highest BCUT2D eigenvalue weighted by atomic mass is 16.5. The van der Waals surface area contributed by atoms with Crippen LogP contribution >= 0.6 is 0 Å². The second-order valence-electron chi connectivity index (χ2n) is 5.98. The molecule has 28 heavy (non-hydrogen) atoms. The van der Waals surface area contributed by atoms with Gasteiger partial charge >= 0.3 is 0 Å². The number of carbonyl (C=O) groups excluding carboxylic acids is 1. The summed E-state index contributed by atoms with van der Waals surface area (Å²) in [6, 6.07) is 11.0. The van der Waals surface area contributed by atoms with Gasteiger partial charge in [-0.05, 0) is 35.9 Å². The molecule has 4 aromatic rings. The molecule has 0 spiro atoms. The van der Waals surface area contributed by atoms with E-state index in [4.69, 9.17) is 4.52 Å². The number of aryl methyl sites for hydroxylation is 1. The van der Waals surface area contributed by atoms with Crippen LogP contribution in [0.15, 0.2) is 65.7 Å². The Labute approximate surface area is 160 Å². The molecule has 4 rings (SSSR count). The molecule has 140 valence electrons. The van der Waals surface area contributed by atoms with E-state index in [-0.39, 0.29) is 12.3 Å². The molecule has 1 amide bonds. The minimum atomic E-state index is -0.102. The number of nitrogens with one attached hydrogen (secondary N) is 1. The number of hydrogen-bond donors (Lipinski definition) is 1. The largest absolute Gasteiger partial charge is 0.352 e. The highest BCUT2D eigenvalue weighted by molar-refractivity contribution is 5.76. The standard InChI is InChI=1S/C19H17N7O2/c27-17(5-6-18-24-19(25-28-18)15-4-1-2-8-20-15)22-13-14-7-10-21-16(12-14)26-11-3-9-23-26/h1-4,7-12H,5-6,13H2,(H,22,27). The molecule has 9 heteroatoms. The van der Waals surface area contributed by atoms with E-state index in [1.165, 1.54) is 0 Å². The van der Waals surface area contributed by atoms with Gasteiger partial charge in [-0.3, -0.25) is 9.78 Å². The molecular formula is C19H17N7O2. The molecule has 0 fully saturated rings. The summed E-state index contributed by atoms with van der Waals surface area (Å²) in [6.07, 6.45) is 7.47. The summed E-state index contributed by atoms with van der Waals surface area (Å²) in [5.41, 5.74) is 1.57. The fraction of sp³-hybridized carbons (Fsp3) is 0.158. The maximum absolute atomic E-state index is 12.1. The third-order valence-electron chi connectivity index (χ3n) is 3.97. The molecule has 0 unspecified atom stereocenters. The van der Waals surface area contributed by atoms with Crippen LogP contribution in [0.5, 0.6) is 0 Å². The van der Waals surface area contributed by atoms with E-state index in [0.717, 1.165) is 5.56 Å². The Kier molecular flexibility index (Phi) is 5.14. The summed E-state index contributed by atoms with van der Waals surface area (Å²) in [7, 11) is 0. The normalized spacial score (nSPS) is 10.7. The fourth-order valence-corrected chi connectivity index (χ4v) is 2.57. The Hall–Kier alpha value is -3.88. The van der Waals surface area contributed by atoms with Crippen molar-refractivity contribution in [1.82, 2.24) is 35.2 Å². The molecule has 4 heterocycles. The molecule has 0 aromatic carbocycles. The smallest absolute Gasteiger partial charge is 0.227 e. The van der Waals surface area contributed by atoms with Crippen molar-refractivity contribution in [1.29, 1.82) is 0 Å². The molecule has 0 saturated heterocycles. The van der Waals surface area contributed by atoms with Gasteiger partial charge in [-0.25, -0.2) is 9.67 Å². The van der Waals surface area contributed by atoms with Crippen molar-refractivity contribution < 1.29 is 9.32 Å². The number of rotatable bonds is 7. The van der Waals surface area contributed by atoms with Crippen LogP contribution < -0.4 is 5.32 Å². The summed E-state index contributed by atoms with van der Waals surface area (Å²) < 4.78 is 6.86. The fourth-order valence-electron chi connectivity index (χ4n) is 2.57. The molecule has 0 atom stereocenters. The van der Waals surface area contributed by atoms with Gasteiger partial charge in [0.15, 0.2) is 5.82 Å². The monoisotopic (exact) mass is 375 g/mol. The maximum atomic E-state index is 12.1. The van der Waals surface area contributed by atoms with E-state index in [2.05, 4.69) is 30.5 Å². The number of hydrogen-bond acceptors (Lipinski definition) is 7. The highest BCUT2D eigenvalue weighted by Crippen LogP contribution is 2.12. The zero-order valence-electron chi connectivity index (χ0n) is 14.9. The van der Waals surface area contributed by atoms with Gasteiger partial charge in [0.2, 0.25) is 17.6 Å². The van der Waals surface area contributed by atoms with E-state index in [1.54, 1.807) is 29.3 Å². The van der Waals surface area contributed by atoms with Crippen LogP contribution in [0.4, 0.5) is 0 Å². The Morgan fingerprint density at radius 2 is 2.07 bits per heavy atom. The van der Waals surface area contributed by atoms with Crippen molar-refractivity contribution in [3.8, 4) is 17.3 Å². The SMILES string of the molecule is O=C(CCc1nc(-c2ccccn2)no1)NCc1ccnc(-n2cccn2)c1. The third kappa shape index (κ3) is 4.26. The Balaban J connectivity index is 1.29. The second kappa shape index (κ2) is 8.21. The number of nitrogens with zero attached hydrogens (tertiary/aromatic N) is 6. The minimum absolute atomic E-state index is 0.102. The van der Waals surface area contributed by atoms with E-state index < -0.39 is 0 Å². The Morgan fingerprint density at radius 3 is 2.89 bits per heavy atom. The van der Waals surface area contributed by atoms with E-state index in [9.17, 15) is 4.79 Å². The topological polar surface area (TPSA) is 112 Å². The number of aromatic nitrogens is 6. The molecule has 1 N–H and O–H groups in total. The first-order valence-corrected chi connectivity index (χ1v) is 8.73. The van der Waals surface area contributed by atoms with Crippen molar-refractivity contribution in [3.63, 3.8) is 0 Å². The second-order valence-corrected chi connectivity index (χ2v) is 5.98. The highest BCUT2D eigenvalue weighted by Gasteiger charge is 2.11. The zero-order valence-corrected chi connectivity index (χ0v) is 14.9. The van der Waals surface area contributed by atoms with Crippen LogP contribution in [0, 0.1) is 0 Å². The van der Waals surface area contributed by atoms with Gasteiger partial charge in [0.25, 0.3) is 0 Å². The van der Waals surface area contributed by atoms with Crippen LogP contribution in [0.3, 0.4) is 0 Å². The lowest BCUT2D eigenvalue weighted by Gasteiger charge is -2.06. The predicted octanol–water partition coefficient (Wildman–Crippen LogP) is 1.96. The first-order chi connectivity index (χ1) is 13.8. The molecule has 0 saturated carbocycles. The molecule has 0 radical (unpaired) electrons. The maximum Gasteiger partial charge on any atom is 0.227 e. The minimum Gasteiger partial charge on any atom is -0.352 e. The molecule has 0 aliphatic carbocycles. The average Bonchev–Trinajstić information content (AvgIpc) is 3.44. The van der Waals surface area contributed by atoms with Gasteiger partial charge in [0.05, 0.1) is 0 Å². The molecular weight excluding hydrogens is 358 g/mol. The van der Waals surface area contributed by atoms with Crippen LogP contribution in [0.2, 0.25) is 0 Å². The average molecular weight is 375 g/mol. The molecule has 4 aromatic heterocycles. The summed E-state index contributed by atoms with van der Waals surface area (Å²) >= 11 is 0. The third-order valence-corrected chi connectivity index (χ3v) is 3.97. The van der Waals surface area contributed by atoms with Gasteiger partial charge in [-0.1, -0.05) is 11.2 Å². The van der Waals surface area contributed by atoms with Crippen LogP contribution in [0.1, 0.15) is 17.9 Å². The summed E-state index contributed by atoms with van der Waals surface area (Å²) in [5.74, 6) is 1.42. The van der Waals surface area contributed by atoms with Crippen LogP contribution in [0.25, 0.3) is 17.3 Å². The van der Waals surface area contributed by atoms with Crippen molar-refractivity contribution in [2.75, 3.05) is 0 Å². The van der Waals surface area contributed by atoms with Crippen molar-refractivity contribution in [2.45, 2.75) is 19.4 Å². The van der Waals surface area contributed by atoms with Crippen LogP contribution in [-0.4, -0.2) is 35.8 Å². The Morgan fingerprint density at radius 1 is 1.11 bits per heavy atom. The lowest BCUT2D eigenvalue weighted by atomic mass is 10.2. The Bertz CT molecular complexity index is 1050. The van der Waals surface area contributed by atoms with Crippen LogP contribution in [-0.2, 0) is 17.8 Å². The van der Waals surface area contributed by atoms with Crippen molar-refractivity contribution in [3.05, 3.63) is 72.6 Å². The lowest BCUT2D eigenvalue weighted by Crippen LogP contribution is -2.23. The van der Waals surface area contributed by atoms with E-state index in [0.29, 0.717) is 36.2 Å². The number of carbonyl (C=O) groups is 1. The van der Waals surface area contributed by atoms with Gasteiger partial charge in [-0.15, -0.1) is 0 Å². The van der Waals surface area contributed by atoms with Gasteiger partial charge < -0.3 is 9.84 Å².